The Morgan fingerprint density at radius 2 is 1.15 bits per heavy atom. The molecule has 1 N–H and O–H groups in total. The van der Waals surface area contributed by atoms with Gasteiger partial charge in [0.25, 0.3) is 0 Å². The molecule has 1 saturated heterocycles. The van der Waals surface area contributed by atoms with Crippen molar-refractivity contribution in [3.8, 4) is 0 Å². The molecular weight excluding hydrogens is 248 g/mol. The topological polar surface area (TPSA) is 21.8 Å². The highest BCUT2D eigenvalue weighted by Gasteiger charge is 2.24. The molecule has 0 spiro atoms. The fourth-order valence-electron chi connectivity index (χ4n) is 2.55. The molecule has 0 radical (unpaired) electrons. The van der Waals surface area contributed by atoms with E-state index in [0.717, 1.165) is 13.1 Å². The molecule has 4 nitrogen and oxygen atoms in total. The van der Waals surface area contributed by atoms with E-state index in [1.54, 1.807) is 0 Å². The van der Waals surface area contributed by atoms with Crippen LogP contribution in [0.1, 0.15) is 60.3 Å². The molecular formula is C16H38N4. The van der Waals surface area contributed by atoms with Crippen molar-refractivity contribution in [1.29, 1.82) is 0 Å². The molecule has 20 heavy (non-hydrogen) atoms. The fourth-order valence-corrected chi connectivity index (χ4v) is 2.55. The van der Waals surface area contributed by atoms with Crippen LogP contribution >= 0.6 is 0 Å². The van der Waals surface area contributed by atoms with Crippen LogP contribution in [-0.2, 0) is 0 Å². The molecule has 1 fully saturated rings. The smallest absolute Gasteiger partial charge is 0.0290 e. The maximum absolute atomic E-state index is 3.11. The largest absolute Gasteiger partial charge is 0.317 e. The highest BCUT2D eigenvalue weighted by atomic mass is 15.9. The minimum absolute atomic E-state index is 1.09. The summed E-state index contributed by atoms with van der Waals surface area (Å²) in [5, 5.41) is 10.7. The molecule has 0 atom stereocenters. The highest BCUT2D eigenvalue weighted by Crippen LogP contribution is 2.14. The quantitative estimate of drug-likeness (QED) is 0.740. The van der Waals surface area contributed by atoms with Crippen molar-refractivity contribution in [1.82, 2.24) is 20.5 Å². The molecule has 1 aliphatic rings. The molecule has 0 saturated carbocycles. The van der Waals surface area contributed by atoms with Crippen molar-refractivity contribution < 1.29 is 0 Å². The number of nitrogens with one attached hydrogen (secondary N) is 1. The van der Waals surface area contributed by atoms with E-state index in [9.17, 15) is 0 Å². The van der Waals surface area contributed by atoms with Gasteiger partial charge in [0, 0.05) is 32.7 Å². The summed E-state index contributed by atoms with van der Waals surface area (Å²) in [4.78, 5) is 0. The maximum Gasteiger partial charge on any atom is 0.0290 e. The van der Waals surface area contributed by atoms with Gasteiger partial charge in [-0.15, -0.1) is 0 Å². The van der Waals surface area contributed by atoms with Gasteiger partial charge in [-0.25, -0.2) is 10.0 Å². The van der Waals surface area contributed by atoms with E-state index in [2.05, 4.69) is 55.1 Å². The molecule has 4 heteroatoms. The lowest BCUT2D eigenvalue weighted by molar-refractivity contribution is -0.210. The number of rotatable bonds is 8. The predicted molar refractivity (Wildman–Crippen MR) is 89.6 cm³/mol. The predicted octanol–water partition coefficient (Wildman–Crippen LogP) is 2.97. The van der Waals surface area contributed by atoms with Gasteiger partial charge in [-0.3, -0.25) is 0 Å². The van der Waals surface area contributed by atoms with Gasteiger partial charge in [0.2, 0.25) is 0 Å². The monoisotopic (exact) mass is 286 g/mol. The first-order valence-corrected chi connectivity index (χ1v) is 8.72. The molecule has 122 valence electrons. The molecule has 0 aromatic rings. The SMILES string of the molecule is CCCN1CCCN(CCC)N1CCC.CCNCC. The van der Waals surface area contributed by atoms with E-state index in [0.29, 0.717) is 0 Å². The number of hydrogen-bond acceptors (Lipinski definition) is 4. The van der Waals surface area contributed by atoms with Gasteiger partial charge >= 0.3 is 0 Å². The van der Waals surface area contributed by atoms with Crippen LogP contribution in [0, 0.1) is 0 Å². The Kier molecular flexibility index (Phi) is 13.7. The first kappa shape index (κ1) is 19.8. The minimum atomic E-state index is 1.09. The van der Waals surface area contributed by atoms with Gasteiger partial charge in [-0.05, 0) is 38.8 Å². The van der Waals surface area contributed by atoms with Gasteiger partial charge in [0.15, 0.2) is 0 Å². The second kappa shape index (κ2) is 13.8. The number of nitrogens with zero attached hydrogens (tertiary/aromatic N) is 3. The summed E-state index contributed by atoms with van der Waals surface area (Å²) >= 11 is 0. The van der Waals surface area contributed by atoms with Crippen LogP contribution in [0.5, 0.6) is 0 Å². The van der Waals surface area contributed by atoms with Gasteiger partial charge in [-0.1, -0.05) is 34.6 Å². The molecule has 1 rings (SSSR count). The minimum Gasteiger partial charge on any atom is -0.317 e. The summed E-state index contributed by atoms with van der Waals surface area (Å²) in [5.41, 5.74) is 0. The van der Waals surface area contributed by atoms with Crippen molar-refractivity contribution in [2.45, 2.75) is 60.3 Å². The average Bonchev–Trinajstić information content (AvgIpc) is 2.44. The van der Waals surface area contributed by atoms with Gasteiger partial charge in [0.1, 0.15) is 0 Å². The maximum atomic E-state index is 3.11. The summed E-state index contributed by atoms with van der Waals surface area (Å²) < 4.78 is 0. The Balaban J connectivity index is 0.000000621. The van der Waals surface area contributed by atoms with Crippen molar-refractivity contribution in [2.75, 3.05) is 45.8 Å². The molecule has 0 unspecified atom stereocenters. The molecule has 0 bridgehead atoms. The van der Waals surface area contributed by atoms with Crippen molar-refractivity contribution in [2.24, 2.45) is 0 Å². The molecule has 0 aromatic heterocycles. The summed E-state index contributed by atoms with van der Waals surface area (Å²) in [6, 6.07) is 0. The molecule has 1 heterocycles. The van der Waals surface area contributed by atoms with Crippen molar-refractivity contribution >= 4 is 0 Å². The Morgan fingerprint density at radius 1 is 0.700 bits per heavy atom. The highest BCUT2D eigenvalue weighted by molar-refractivity contribution is 4.65. The van der Waals surface area contributed by atoms with Crippen LogP contribution in [0.3, 0.4) is 0 Å². The zero-order valence-electron chi connectivity index (χ0n) is 14.6. The Labute approximate surface area is 127 Å². The number of hydrogen-bond donors (Lipinski definition) is 1. The van der Waals surface area contributed by atoms with Crippen molar-refractivity contribution in [3.63, 3.8) is 0 Å². The summed E-state index contributed by atoms with van der Waals surface area (Å²) in [6.07, 6.45) is 5.06. The number of hydrazine groups is 2. The van der Waals surface area contributed by atoms with Crippen LogP contribution in [0.25, 0.3) is 0 Å². The molecule has 0 aromatic carbocycles. The standard InChI is InChI=1S/C12H27N3.C4H11N/c1-4-8-13-11-7-12-14(9-5-2)15(13)10-6-3;1-3-5-4-2/h4-12H2,1-3H3;5H,3-4H2,1-2H3. The fraction of sp³-hybridized carbons (Fsp3) is 1.00. The Bertz CT molecular complexity index is 179. The van der Waals surface area contributed by atoms with Gasteiger partial charge in [0.05, 0.1) is 0 Å². The molecule has 0 aliphatic carbocycles. The second-order valence-electron chi connectivity index (χ2n) is 5.31. The van der Waals surface area contributed by atoms with E-state index >= 15 is 0 Å². The van der Waals surface area contributed by atoms with Crippen LogP contribution in [0.2, 0.25) is 0 Å². The van der Waals surface area contributed by atoms with Crippen LogP contribution < -0.4 is 5.32 Å². The lowest BCUT2D eigenvalue weighted by atomic mass is 10.3. The third-order valence-corrected chi connectivity index (χ3v) is 3.37. The summed E-state index contributed by atoms with van der Waals surface area (Å²) in [7, 11) is 0. The first-order chi connectivity index (χ1) is 9.74. The third kappa shape index (κ3) is 8.20. The van der Waals surface area contributed by atoms with E-state index in [1.165, 1.54) is 58.4 Å². The Morgan fingerprint density at radius 3 is 1.45 bits per heavy atom. The summed E-state index contributed by atoms with van der Waals surface area (Å²) in [6.45, 7) is 19.3. The van der Waals surface area contributed by atoms with Crippen LogP contribution in [0.15, 0.2) is 0 Å². The van der Waals surface area contributed by atoms with E-state index in [-0.39, 0.29) is 0 Å². The van der Waals surface area contributed by atoms with Gasteiger partial charge < -0.3 is 5.32 Å². The lowest BCUT2D eigenvalue weighted by Gasteiger charge is -2.46. The van der Waals surface area contributed by atoms with Crippen LogP contribution in [0.4, 0.5) is 0 Å². The second-order valence-corrected chi connectivity index (χ2v) is 5.31. The van der Waals surface area contributed by atoms with E-state index < -0.39 is 0 Å². The Hall–Kier alpha value is -0.160. The van der Waals surface area contributed by atoms with Gasteiger partial charge in [-0.2, -0.15) is 5.12 Å². The lowest BCUT2D eigenvalue weighted by Crippen LogP contribution is -2.58. The van der Waals surface area contributed by atoms with Crippen LogP contribution in [-0.4, -0.2) is 60.9 Å². The average molecular weight is 287 g/mol. The molecule has 1 aliphatic heterocycles. The van der Waals surface area contributed by atoms with E-state index in [4.69, 9.17) is 0 Å². The zero-order valence-corrected chi connectivity index (χ0v) is 14.6. The molecule has 0 amide bonds. The summed E-state index contributed by atoms with van der Waals surface area (Å²) in [5.74, 6) is 0. The van der Waals surface area contributed by atoms with E-state index in [1.807, 2.05) is 0 Å². The third-order valence-electron chi connectivity index (χ3n) is 3.37. The first-order valence-electron chi connectivity index (χ1n) is 8.72. The zero-order chi connectivity index (χ0) is 15.2. The normalized spacial score (nSPS) is 17.9. The van der Waals surface area contributed by atoms with Crippen molar-refractivity contribution in [3.05, 3.63) is 0 Å².